The molecule has 1 aliphatic heterocycles. The minimum absolute atomic E-state index is 0.135. The van der Waals surface area contributed by atoms with Gasteiger partial charge in [0.1, 0.15) is 11.8 Å². The highest BCUT2D eigenvalue weighted by Crippen LogP contribution is 2.21. The summed E-state index contributed by atoms with van der Waals surface area (Å²) < 4.78 is 0. The van der Waals surface area contributed by atoms with E-state index in [0.717, 1.165) is 23.5 Å². The van der Waals surface area contributed by atoms with Crippen LogP contribution in [0.4, 0.5) is 5.69 Å². The van der Waals surface area contributed by atoms with Crippen molar-refractivity contribution < 1.29 is 4.84 Å². The van der Waals surface area contributed by atoms with Gasteiger partial charge < -0.3 is 10.2 Å². The number of para-hydroxylation sites is 1. The molecule has 1 N–H and O–H groups in total. The molecule has 0 atom stereocenters. The van der Waals surface area contributed by atoms with Crippen LogP contribution < -0.4 is 5.32 Å². The number of fused-ring (bicyclic) bond motifs is 1. The standard InChI is InChI=1S/C11H14N2O/c1-8(2)14-13-11-7-12-10-6-4-3-5-9(10)11/h3-6,8,12H,7H2,1-2H3/b13-11+. The van der Waals surface area contributed by atoms with Gasteiger partial charge in [0.05, 0.1) is 6.54 Å². The summed E-state index contributed by atoms with van der Waals surface area (Å²) in [5, 5.41) is 7.38. The van der Waals surface area contributed by atoms with Gasteiger partial charge in [-0.1, -0.05) is 23.4 Å². The molecule has 1 aliphatic rings. The van der Waals surface area contributed by atoms with Crippen molar-refractivity contribution in [3.05, 3.63) is 29.8 Å². The van der Waals surface area contributed by atoms with Gasteiger partial charge in [0.15, 0.2) is 0 Å². The fraction of sp³-hybridized carbons (Fsp3) is 0.364. The third-order valence-corrected chi connectivity index (χ3v) is 2.06. The molecule has 0 fully saturated rings. The highest BCUT2D eigenvalue weighted by Gasteiger charge is 2.16. The highest BCUT2D eigenvalue weighted by molar-refractivity contribution is 6.11. The van der Waals surface area contributed by atoms with Crippen LogP contribution in [0.2, 0.25) is 0 Å². The van der Waals surface area contributed by atoms with Crippen LogP contribution in [0.5, 0.6) is 0 Å². The van der Waals surface area contributed by atoms with Crippen LogP contribution in [0, 0.1) is 0 Å². The first kappa shape index (κ1) is 9.06. The van der Waals surface area contributed by atoms with Gasteiger partial charge in [0, 0.05) is 11.3 Å². The molecule has 0 saturated carbocycles. The normalized spacial score (nSPS) is 16.9. The lowest BCUT2D eigenvalue weighted by Crippen LogP contribution is -2.07. The molecule has 0 spiro atoms. The van der Waals surface area contributed by atoms with Crippen molar-refractivity contribution in [3.8, 4) is 0 Å². The van der Waals surface area contributed by atoms with E-state index in [-0.39, 0.29) is 6.10 Å². The van der Waals surface area contributed by atoms with Crippen molar-refractivity contribution >= 4 is 11.4 Å². The molecule has 3 heteroatoms. The Balaban J connectivity index is 2.21. The SMILES string of the molecule is CC(C)O/N=C1\CNc2ccccc21. The lowest BCUT2D eigenvalue weighted by Gasteiger charge is -2.03. The number of hydrogen-bond donors (Lipinski definition) is 1. The first-order valence-corrected chi connectivity index (χ1v) is 4.83. The first-order valence-electron chi connectivity index (χ1n) is 4.83. The van der Waals surface area contributed by atoms with Gasteiger partial charge in [-0.3, -0.25) is 0 Å². The Hall–Kier alpha value is -1.51. The smallest absolute Gasteiger partial charge is 0.122 e. The van der Waals surface area contributed by atoms with E-state index in [2.05, 4.69) is 16.5 Å². The molecule has 0 unspecified atom stereocenters. The van der Waals surface area contributed by atoms with Crippen molar-refractivity contribution in [3.63, 3.8) is 0 Å². The van der Waals surface area contributed by atoms with Gasteiger partial charge in [-0.15, -0.1) is 0 Å². The van der Waals surface area contributed by atoms with Crippen LogP contribution in [0.15, 0.2) is 29.4 Å². The van der Waals surface area contributed by atoms with E-state index >= 15 is 0 Å². The minimum Gasteiger partial charge on any atom is -0.393 e. The fourth-order valence-corrected chi connectivity index (χ4v) is 1.41. The molecule has 0 aromatic heterocycles. The van der Waals surface area contributed by atoms with Crippen LogP contribution >= 0.6 is 0 Å². The molecule has 14 heavy (non-hydrogen) atoms. The topological polar surface area (TPSA) is 33.6 Å². The molecule has 3 nitrogen and oxygen atoms in total. The van der Waals surface area contributed by atoms with Gasteiger partial charge in [-0.25, -0.2) is 0 Å². The molecule has 2 rings (SSSR count). The number of rotatable bonds is 2. The Labute approximate surface area is 83.8 Å². The van der Waals surface area contributed by atoms with E-state index in [4.69, 9.17) is 4.84 Å². The summed E-state index contributed by atoms with van der Waals surface area (Å²) in [5.41, 5.74) is 3.26. The molecule has 1 heterocycles. The zero-order chi connectivity index (χ0) is 9.97. The summed E-state index contributed by atoms with van der Waals surface area (Å²) in [7, 11) is 0. The number of nitrogens with zero attached hydrogens (tertiary/aromatic N) is 1. The highest BCUT2D eigenvalue weighted by atomic mass is 16.6. The van der Waals surface area contributed by atoms with Crippen LogP contribution in [0.25, 0.3) is 0 Å². The number of anilines is 1. The third-order valence-electron chi connectivity index (χ3n) is 2.06. The summed E-state index contributed by atoms with van der Waals surface area (Å²) in [5.74, 6) is 0. The molecular weight excluding hydrogens is 176 g/mol. The van der Waals surface area contributed by atoms with Crippen molar-refractivity contribution in [1.82, 2.24) is 0 Å². The number of oxime groups is 1. The molecule has 1 aromatic carbocycles. The van der Waals surface area contributed by atoms with Gasteiger partial charge in [0.25, 0.3) is 0 Å². The Morgan fingerprint density at radius 2 is 2.14 bits per heavy atom. The van der Waals surface area contributed by atoms with Crippen LogP contribution in [-0.4, -0.2) is 18.4 Å². The summed E-state index contributed by atoms with van der Waals surface area (Å²) >= 11 is 0. The maximum Gasteiger partial charge on any atom is 0.122 e. The van der Waals surface area contributed by atoms with E-state index in [1.807, 2.05) is 32.0 Å². The Morgan fingerprint density at radius 1 is 1.36 bits per heavy atom. The number of nitrogens with one attached hydrogen (secondary N) is 1. The maximum atomic E-state index is 5.23. The Bertz CT molecular complexity index is 358. The van der Waals surface area contributed by atoms with Gasteiger partial charge in [-0.05, 0) is 19.9 Å². The summed E-state index contributed by atoms with van der Waals surface area (Å²) in [6.45, 7) is 4.70. The minimum atomic E-state index is 0.135. The fourth-order valence-electron chi connectivity index (χ4n) is 1.41. The van der Waals surface area contributed by atoms with Gasteiger partial charge in [0.2, 0.25) is 0 Å². The predicted molar refractivity (Wildman–Crippen MR) is 57.7 cm³/mol. The average Bonchev–Trinajstić information content (AvgIpc) is 2.58. The molecule has 74 valence electrons. The van der Waals surface area contributed by atoms with Gasteiger partial charge >= 0.3 is 0 Å². The third kappa shape index (κ3) is 1.71. The average molecular weight is 190 g/mol. The first-order chi connectivity index (χ1) is 6.77. The van der Waals surface area contributed by atoms with E-state index in [1.165, 1.54) is 0 Å². The molecule has 0 saturated heterocycles. The van der Waals surface area contributed by atoms with Crippen molar-refractivity contribution in [2.75, 3.05) is 11.9 Å². The van der Waals surface area contributed by atoms with E-state index in [9.17, 15) is 0 Å². The van der Waals surface area contributed by atoms with Crippen LogP contribution in [0.3, 0.4) is 0 Å². The lowest BCUT2D eigenvalue weighted by atomic mass is 10.1. The van der Waals surface area contributed by atoms with E-state index in [0.29, 0.717) is 0 Å². The molecular formula is C11H14N2O. The van der Waals surface area contributed by atoms with Crippen molar-refractivity contribution in [1.29, 1.82) is 0 Å². The van der Waals surface area contributed by atoms with Crippen LogP contribution in [-0.2, 0) is 4.84 Å². The predicted octanol–water partition coefficient (Wildman–Crippen LogP) is 2.24. The molecule has 0 amide bonds. The molecule has 0 aliphatic carbocycles. The van der Waals surface area contributed by atoms with Crippen LogP contribution in [0.1, 0.15) is 19.4 Å². The largest absolute Gasteiger partial charge is 0.393 e. The zero-order valence-corrected chi connectivity index (χ0v) is 8.45. The second-order valence-corrected chi connectivity index (χ2v) is 3.59. The summed E-state index contributed by atoms with van der Waals surface area (Å²) in [6, 6.07) is 8.12. The molecule has 1 aromatic rings. The quantitative estimate of drug-likeness (QED) is 0.725. The monoisotopic (exact) mass is 190 g/mol. The second kappa shape index (κ2) is 3.70. The number of hydrogen-bond acceptors (Lipinski definition) is 3. The Kier molecular flexibility index (Phi) is 2.39. The Morgan fingerprint density at radius 3 is 2.93 bits per heavy atom. The van der Waals surface area contributed by atoms with E-state index < -0.39 is 0 Å². The van der Waals surface area contributed by atoms with E-state index in [1.54, 1.807) is 0 Å². The number of benzene rings is 1. The maximum absolute atomic E-state index is 5.23. The molecule has 0 bridgehead atoms. The summed E-state index contributed by atoms with van der Waals surface area (Å²) in [4.78, 5) is 5.23. The van der Waals surface area contributed by atoms with Crippen molar-refractivity contribution in [2.45, 2.75) is 20.0 Å². The molecule has 0 radical (unpaired) electrons. The second-order valence-electron chi connectivity index (χ2n) is 3.59. The van der Waals surface area contributed by atoms with Gasteiger partial charge in [-0.2, -0.15) is 0 Å². The van der Waals surface area contributed by atoms with Crippen molar-refractivity contribution in [2.24, 2.45) is 5.16 Å². The summed E-state index contributed by atoms with van der Waals surface area (Å²) in [6.07, 6.45) is 0.135. The lowest BCUT2D eigenvalue weighted by molar-refractivity contribution is 0.0860. The zero-order valence-electron chi connectivity index (χ0n) is 8.45.